The molecule has 0 saturated heterocycles. The second-order valence-corrected chi connectivity index (χ2v) is 7.53. The van der Waals surface area contributed by atoms with Crippen molar-refractivity contribution in [1.82, 2.24) is 0 Å². The molecule has 0 unspecified atom stereocenters. The van der Waals surface area contributed by atoms with E-state index >= 15 is 0 Å². The van der Waals surface area contributed by atoms with Crippen molar-refractivity contribution in [1.29, 1.82) is 0 Å². The van der Waals surface area contributed by atoms with Crippen LogP contribution in [0.1, 0.15) is 45.4 Å². The van der Waals surface area contributed by atoms with E-state index in [2.05, 4.69) is 29.8 Å². The number of benzene rings is 1. The van der Waals surface area contributed by atoms with Crippen molar-refractivity contribution in [3.8, 4) is 0 Å². The summed E-state index contributed by atoms with van der Waals surface area (Å²) >= 11 is 4.68. The highest BCUT2D eigenvalue weighted by Crippen LogP contribution is 2.25. The van der Waals surface area contributed by atoms with Crippen LogP contribution in [0.15, 0.2) is 23.1 Å². The predicted octanol–water partition coefficient (Wildman–Crippen LogP) is 3.50. The van der Waals surface area contributed by atoms with Crippen LogP contribution in [0.3, 0.4) is 0 Å². The lowest BCUT2D eigenvalue weighted by molar-refractivity contribution is 0.159. The molecular weight excluding hydrogens is 378 g/mol. The highest BCUT2D eigenvalue weighted by molar-refractivity contribution is 7.86. The van der Waals surface area contributed by atoms with Gasteiger partial charge in [-0.25, -0.2) is 4.79 Å². The maximum absolute atomic E-state index is 11.8. The van der Waals surface area contributed by atoms with E-state index in [1.54, 1.807) is 0 Å². The van der Waals surface area contributed by atoms with Crippen LogP contribution < -0.4 is 16.4 Å². The molecular formula is C16H25N3O5S2. The summed E-state index contributed by atoms with van der Waals surface area (Å²) in [6, 6.07) is 3.73. The fourth-order valence-corrected chi connectivity index (χ4v) is 3.00. The van der Waals surface area contributed by atoms with Gasteiger partial charge in [-0.3, -0.25) is 9.87 Å². The molecule has 0 saturated carbocycles. The molecule has 0 heterocycles. The molecule has 1 aromatic carbocycles. The van der Waals surface area contributed by atoms with Crippen molar-refractivity contribution in [2.75, 3.05) is 17.2 Å². The van der Waals surface area contributed by atoms with Crippen LogP contribution in [0.25, 0.3) is 0 Å². The number of hydrogen-bond acceptors (Lipinski definition) is 5. The fraction of sp³-hybridized carbons (Fsp3) is 0.500. The van der Waals surface area contributed by atoms with Gasteiger partial charge >= 0.3 is 6.09 Å². The number of unbranched alkanes of at least 4 members (excludes halogenated alkanes) is 5. The number of nitrogens with one attached hydrogen (secondary N) is 2. The van der Waals surface area contributed by atoms with Crippen LogP contribution in [-0.2, 0) is 14.9 Å². The molecule has 0 aromatic heterocycles. The Balaban J connectivity index is 2.58. The van der Waals surface area contributed by atoms with Crippen molar-refractivity contribution in [3.05, 3.63) is 18.2 Å². The van der Waals surface area contributed by atoms with Gasteiger partial charge in [0, 0.05) is 5.69 Å². The average Bonchev–Trinajstić information content (AvgIpc) is 2.52. The van der Waals surface area contributed by atoms with E-state index < -0.39 is 21.1 Å². The second-order valence-electron chi connectivity index (χ2n) is 5.70. The van der Waals surface area contributed by atoms with Gasteiger partial charge in [-0.15, -0.1) is 0 Å². The SMILES string of the molecule is CCCCCCCCOC(=O)Nc1ccc(S(=O)(=O)O)c(NC(N)=S)c1. The lowest BCUT2D eigenvalue weighted by Gasteiger charge is -2.12. The van der Waals surface area contributed by atoms with E-state index in [0.717, 1.165) is 25.3 Å². The van der Waals surface area contributed by atoms with Crippen LogP contribution in [0.2, 0.25) is 0 Å². The minimum atomic E-state index is -4.47. The van der Waals surface area contributed by atoms with Crippen LogP contribution >= 0.6 is 12.2 Å². The maximum atomic E-state index is 11.8. The van der Waals surface area contributed by atoms with Crippen LogP contribution in [0, 0.1) is 0 Å². The summed E-state index contributed by atoms with van der Waals surface area (Å²) in [7, 11) is -4.47. The smallest absolute Gasteiger partial charge is 0.411 e. The number of amides is 1. The largest absolute Gasteiger partial charge is 0.449 e. The summed E-state index contributed by atoms with van der Waals surface area (Å²) in [6.45, 7) is 2.46. The third-order valence-corrected chi connectivity index (χ3v) is 4.51. The molecule has 26 heavy (non-hydrogen) atoms. The van der Waals surface area contributed by atoms with Gasteiger partial charge in [0.2, 0.25) is 0 Å². The quantitative estimate of drug-likeness (QED) is 0.265. The van der Waals surface area contributed by atoms with E-state index in [1.807, 2.05) is 0 Å². The minimum Gasteiger partial charge on any atom is -0.449 e. The molecule has 8 nitrogen and oxygen atoms in total. The molecule has 0 aliphatic carbocycles. The topological polar surface area (TPSA) is 131 Å². The number of thiocarbonyl (C=S) groups is 1. The summed E-state index contributed by atoms with van der Waals surface area (Å²) in [5.74, 6) is 0. The Labute approximate surface area is 159 Å². The summed E-state index contributed by atoms with van der Waals surface area (Å²) < 4.78 is 37.0. The monoisotopic (exact) mass is 403 g/mol. The van der Waals surface area contributed by atoms with Crippen molar-refractivity contribution in [3.63, 3.8) is 0 Å². The van der Waals surface area contributed by atoms with Gasteiger partial charge in [0.15, 0.2) is 5.11 Å². The molecule has 1 rings (SSSR count). The zero-order valence-electron chi connectivity index (χ0n) is 14.7. The molecule has 10 heteroatoms. The number of hydrogen-bond donors (Lipinski definition) is 4. The molecule has 1 aromatic rings. The molecule has 5 N–H and O–H groups in total. The number of nitrogens with two attached hydrogens (primary N) is 1. The first kappa shape index (κ1) is 22.1. The van der Waals surface area contributed by atoms with E-state index in [-0.39, 0.29) is 16.5 Å². The Bertz CT molecular complexity index is 723. The fourth-order valence-electron chi connectivity index (χ4n) is 2.26. The first-order chi connectivity index (χ1) is 12.2. The van der Waals surface area contributed by atoms with Gasteiger partial charge in [0.05, 0.1) is 12.3 Å². The molecule has 0 radical (unpaired) electrons. The Kier molecular flexibility index (Phi) is 9.31. The number of anilines is 2. The standard InChI is InChI=1S/C16H25N3O5S2/c1-2-3-4-5-6-7-10-24-16(20)18-12-8-9-14(26(21,22)23)13(11-12)19-15(17)25/h8-9,11H,2-7,10H2,1H3,(H,18,20)(H3,17,19,25)(H,21,22,23). The Morgan fingerprint density at radius 3 is 2.46 bits per heavy atom. The average molecular weight is 404 g/mol. The third-order valence-electron chi connectivity index (χ3n) is 3.49. The Morgan fingerprint density at radius 1 is 1.19 bits per heavy atom. The van der Waals surface area contributed by atoms with Crippen LogP contribution in [-0.4, -0.2) is 30.8 Å². The molecule has 146 valence electrons. The van der Waals surface area contributed by atoms with E-state index in [9.17, 15) is 17.8 Å². The summed E-state index contributed by atoms with van der Waals surface area (Å²) in [5.41, 5.74) is 5.56. The van der Waals surface area contributed by atoms with Crippen molar-refractivity contribution < 1.29 is 22.5 Å². The van der Waals surface area contributed by atoms with Crippen LogP contribution in [0.4, 0.5) is 16.2 Å². The Hall–Kier alpha value is -1.91. The highest BCUT2D eigenvalue weighted by Gasteiger charge is 2.17. The van der Waals surface area contributed by atoms with Gasteiger partial charge < -0.3 is 15.8 Å². The minimum absolute atomic E-state index is 0.0475. The first-order valence-electron chi connectivity index (χ1n) is 8.35. The van der Waals surface area contributed by atoms with Gasteiger partial charge in [0.1, 0.15) is 4.90 Å². The molecule has 0 aliphatic rings. The predicted molar refractivity (Wildman–Crippen MR) is 105 cm³/mol. The van der Waals surface area contributed by atoms with Crippen molar-refractivity contribution >= 4 is 44.9 Å². The maximum Gasteiger partial charge on any atom is 0.411 e. The number of rotatable bonds is 10. The molecule has 0 fully saturated rings. The lowest BCUT2D eigenvalue weighted by atomic mass is 10.1. The zero-order valence-corrected chi connectivity index (χ0v) is 16.3. The normalized spacial score (nSPS) is 11.0. The molecule has 1 amide bonds. The van der Waals surface area contributed by atoms with E-state index in [0.29, 0.717) is 6.61 Å². The van der Waals surface area contributed by atoms with E-state index in [1.165, 1.54) is 31.4 Å². The zero-order chi connectivity index (χ0) is 19.6. The number of carbonyl (C=O) groups is 1. The molecule has 0 bridgehead atoms. The molecule has 0 atom stereocenters. The highest BCUT2D eigenvalue weighted by atomic mass is 32.2. The first-order valence-corrected chi connectivity index (χ1v) is 10.2. The summed E-state index contributed by atoms with van der Waals surface area (Å²) in [6.07, 6.45) is 5.82. The molecule has 0 aliphatic heterocycles. The lowest BCUT2D eigenvalue weighted by Crippen LogP contribution is -2.21. The molecule has 0 spiro atoms. The van der Waals surface area contributed by atoms with Gasteiger partial charge in [-0.05, 0) is 36.8 Å². The van der Waals surface area contributed by atoms with Crippen LogP contribution in [0.5, 0.6) is 0 Å². The second kappa shape index (κ2) is 10.9. The van der Waals surface area contributed by atoms with E-state index in [4.69, 9.17) is 10.5 Å². The third kappa shape index (κ3) is 8.45. The Morgan fingerprint density at radius 2 is 1.85 bits per heavy atom. The number of carbonyl (C=O) groups excluding carboxylic acids is 1. The van der Waals surface area contributed by atoms with Crippen molar-refractivity contribution in [2.24, 2.45) is 5.73 Å². The number of ether oxygens (including phenoxy) is 1. The van der Waals surface area contributed by atoms with Gasteiger partial charge in [0.25, 0.3) is 10.1 Å². The summed E-state index contributed by atoms with van der Waals surface area (Å²) in [4.78, 5) is 11.4. The van der Waals surface area contributed by atoms with Gasteiger partial charge in [-0.1, -0.05) is 39.0 Å². The summed E-state index contributed by atoms with van der Waals surface area (Å²) in [5, 5.41) is 4.75. The van der Waals surface area contributed by atoms with Crippen molar-refractivity contribution in [2.45, 2.75) is 50.3 Å². The van der Waals surface area contributed by atoms with Gasteiger partial charge in [-0.2, -0.15) is 8.42 Å².